The summed E-state index contributed by atoms with van der Waals surface area (Å²) in [5, 5.41) is -0.455. The Kier molecular flexibility index (Phi) is 7.41. The van der Waals surface area contributed by atoms with Crippen molar-refractivity contribution in [2.24, 2.45) is 0 Å². The van der Waals surface area contributed by atoms with Crippen LogP contribution in [-0.4, -0.2) is 68.9 Å². The SMILES string of the molecule is CCCS(=O)(=O)N(C)CCN1C(=O)[C@@H](C)S[C@@H]1c1cc(OC)ccc1OC. The van der Waals surface area contributed by atoms with E-state index in [1.807, 2.05) is 32.0 Å². The van der Waals surface area contributed by atoms with E-state index in [9.17, 15) is 13.2 Å². The van der Waals surface area contributed by atoms with Gasteiger partial charge in [0.25, 0.3) is 0 Å². The van der Waals surface area contributed by atoms with Crippen LogP contribution < -0.4 is 9.47 Å². The Morgan fingerprint density at radius 3 is 2.56 bits per heavy atom. The van der Waals surface area contributed by atoms with Gasteiger partial charge in [-0.2, -0.15) is 0 Å². The van der Waals surface area contributed by atoms with Crippen LogP contribution in [-0.2, 0) is 14.8 Å². The number of benzene rings is 1. The molecule has 1 saturated heterocycles. The molecule has 0 N–H and O–H groups in total. The molecule has 7 nitrogen and oxygen atoms in total. The lowest BCUT2D eigenvalue weighted by Crippen LogP contribution is -2.39. The van der Waals surface area contributed by atoms with E-state index in [1.165, 1.54) is 16.1 Å². The number of amides is 1. The van der Waals surface area contributed by atoms with E-state index >= 15 is 0 Å². The smallest absolute Gasteiger partial charge is 0.236 e. The van der Waals surface area contributed by atoms with E-state index in [1.54, 1.807) is 26.2 Å². The van der Waals surface area contributed by atoms with Crippen molar-refractivity contribution >= 4 is 27.7 Å². The monoisotopic (exact) mass is 416 g/mol. The summed E-state index contributed by atoms with van der Waals surface area (Å²) in [6, 6.07) is 5.49. The highest BCUT2D eigenvalue weighted by molar-refractivity contribution is 8.01. The van der Waals surface area contributed by atoms with Gasteiger partial charge in [-0.25, -0.2) is 12.7 Å². The summed E-state index contributed by atoms with van der Waals surface area (Å²) in [6.07, 6.45) is 0.561. The molecule has 152 valence electrons. The number of sulfonamides is 1. The number of hydrogen-bond acceptors (Lipinski definition) is 6. The first-order chi connectivity index (χ1) is 12.7. The van der Waals surface area contributed by atoms with E-state index in [0.717, 1.165) is 5.56 Å². The zero-order chi connectivity index (χ0) is 20.2. The van der Waals surface area contributed by atoms with Crippen molar-refractivity contribution in [1.29, 1.82) is 0 Å². The highest BCUT2D eigenvalue weighted by atomic mass is 32.2. The van der Waals surface area contributed by atoms with Crippen molar-refractivity contribution in [2.45, 2.75) is 30.9 Å². The number of carbonyl (C=O) groups is 1. The first kappa shape index (κ1) is 21.8. The number of thioether (sulfide) groups is 1. The Morgan fingerprint density at radius 1 is 1.26 bits per heavy atom. The molecule has 2 atom stereocenters. The van der Waals surface area contributed by atoms with Gasteiger partial charge in [-0.1, -0.05) is 6.92 Å². The number of methoxy groups -OCH3 is 2. The number of likely N-dealkylation sites (N-methyl/N-ethyl adjacent to an activating group) is 1. The number of hydrogen-bond donors (Lipinski definition) is 0. The van der Waals surface area contributed by atoms with Crippen LogP contribution in [0, 0.1) is 0 Å². The Bertz CT molecular complexity index is 769. The maximum absolute atomic E-state index is 12.7. The summed E-state index contributed by atoms with van der Waals surface area (Å²) >= 11 is 1.53. The number of rotatable bonds is 9. The van der Waals surface area contributed by atoms with Crippen molar-refractivity contribution in [2.75, 3.05) is 40.1 Å². The molecule has 1 fully saturated rings. The van der Waals surface area contributed by atoms with Crippen molar-refractivity contribution in [3.05, 3.63) is 23.8 Å². The Labute approximate surface area is 166 Å². The molecule has 1 aromatic rings. The van der Waals surface area contributed by atoms with Gasteiger partial charge in [0.15, 0.2) is 0 Å². The minimum absolute atomic E-state index is 0.00355. The van der Waals surface area contributed by atoms with Crippen LogP contribution in [0.25, 0.3) is 0 Å². The zero-order valence-electron chi connectivity index (χ0n) is 16.5. The highest BCUT2D eigenvalue weighted by Gasteiger charge is 2.40. The summed E-state index contributed by atoms with van der Waals surface area (Å²) in [5.74, 6) is 1.46. The average molecular weight is 417 g/mol. The molecule has 1 aromatic carbocycles. The van der Waals surface area contributed by atoms with Gasteiger partial charge in [-0.05, 0) is 31.5 Å². The van der Waals surface area contributed by atoms with Gasteiger partial charge in [0.1, 0.15) is 16.9 Å². The largest absolute Gasteiger partial charge is 0.497 e. The second-order valence-electron chi connectivity index (χ2n) is 6.41. The Balaban J connectivity index is 2.25. The summed E-state index contributed by atoms with van der Waals surface area (Å²) < 4.78 is 36.5. The van der Waals surface area contributed by atoms with Crippen LogP contribution in [0.5, 0.6) is 11.5 Å². The Hall–Kier alpha value is -1.45. The van der Waals surface area contributed by atoms with E-state index in [0.29, 0.717) is 24.5 Å². The van der Waals surface area contributed by atoms with Gasteiger partial charge in [-0.3, -0.25) is 4.79 Å². The lowest BCUT2D eigenvalue weighted by atomic mass is 10.1. The van der Waals surface area contributed by atoms with Gasteiger partial charge in [0.2, 0.25) is 15.9 Å². The molecule has 0 aliphatic carbocycles. The van der Waals surface area contributed by atoms with E-state index in [2.05, 4.69) is 0 Å². The molecule has 0 radical (unpaired) electrons. The predicted octanol–water partition coefficient (Wildman–Crippen LogP) is 2.34. The molecule has 0 aromatic heterocycles. The minimum Gasteiger partial charge on any atom is -0.497 e. The third kappa shape index (κ3) is 4.89. The maximum atomic E-state index is 12.7. The summed E-state index contributed by atoms with van der Waals surface area (Å²) in [4.78, 5) is 14.4. The highest BCUT2D eigenvalue weighted by Crippen LogP contribution is 2.46. The molecule has 1 aliphatic heterocycles. The molecule has 1 aliphatic rings. The lowest BCUT2D eigenvalue weighted by molar-refractivity contribution is -0.129. The molecular weight excluding hydrogens is 388 g/mol. The molecular formula is C18H28N2O5S2. The van der Waals surface area contributed by atoms with Crippen molar-refractivity contribution < 1.29 is 22.7 Å². The number of carbonyl (C=O) groups excluding carboxylic acids is 1. The summed E-state index contributed by atoms with van der Waals surface area (Å²) in [6.45, 7) is 4.27. The molecule has 0 saturated carbocycles. The third-order valence-corrected chi connectivity index (χ3v) is 7.98. The quantitative estimate of drug-likeness (QED) is 0.615. The van der Waals surface area contributed by atoms with Gasteiger partial charge in [0, 0.05) is 25.7 Å². The second-order valence-corrected chi connectivity index (χ2v) is 10.0. The second kappa shape index (κ2) is 9.16. The minimum atomic E-state index is -3.29. The van der Waals surface area contributed by atoms with Crippen molar-refractivity contribution in [1.82, 2.24) is 9.21 Å². The summed E-state index contributed by atoms with van der Waals surface area (Å²) in [7, 11) is 1.44. The standard InChI is InChI=1S/C18H28N2O5S2/c1-6-11-27(22,23)19(3)9-10-20-17(21)13(2)26-18(20)15-12-14(24-4)7-8-16(15)25-5/h7-8,12-13,18H,6,9-11H2,1-5H3/t13-,18-/m1/s1. The first-order valence-electron chi connectivity index (χ1n) is 8.87. The van der Waals surface area contributed by atoms with Crippen molar-refractivity contribution in [3.63, 3.8) is 0 Å². The van der Waals surface area contributed by atoms with Gasteiger partial charge in [0.05, 0.1) is 25.2 Å². The third-order valence-electron chi connectivity index (χ3n) is 4.54. The molecule has 2 rings (SSSR count). The van der Waals surface area contributed by atoms with Gasteiger partial charge < -0.3 is 14.4 Å². The maximum Gasteiger partial charge on any atom is 0.236 e. The van der Waals surface area contributed by atoms with Crippen LogP contribution in [0.4, 0.5) is 0 Å². The molecule has 0 unspecified atom stereocenters. The average Bonchev–Trinajstić information content (AvgIpc) is 2.93. The number of nitrogens with zero attached hydrogens (tertiary/aromatic N) is 2. The van der Waals surface area contributed by atoms with Gasteiger partial charge in [-0.15, -0.1) is 11.8 Å². The van der Waals surface area contributed by atoms with Crippen molar-refractivity contribution in [3.8, 4) is 11.5 Å². The topological polar surface area (TPSA) is 76.2 Å². The van der Waals surface area contributed by atoms with Crippen LogP contribution in [0.2, 0.25) is 0 Å². The lowest BCUT2D eigenvalue weighted by Gasteiger charge is -2.27. The van der Waals surface area contributed by atoms with Gasteiger partial charge >= 0.3 is 0 Å². The molecule has 0 spiro atoms. The predicted molar refractivity (Wildman–Crippen MR) is 108 cm³/mol. The summed E-state index contributed by atoms with van der Waals surface area (Å²) in [5.41, 5.74) is 0.846. The molecule has 27 heavy (non-hydrogen) atoms. The van der Waals surface area contributed by atoms with Crippen LogP contribution in [0.1, 0.15) is 31.2 Å². The molecule has 1 heterocycles. The van der Waals surface area contributed by atoms with E-state index in [-0.39, 0.29) is 28.8 Å². The fourth-order valence-corrected chi connectivity index (χ4v) is 5.49. The van der Waals surface area contributed by atoms with Crippen LogP contribution in [0.15, 0.2) is 18.2 Å². The van der Waals surface area contributed by atoms with Crippen LogP contribution >= 0.6 is 11.8 Å². The fourth-order valence-electron chi connectivity index (χ4n) is 2.98. The molecule has 9 heteroatoms. The Morgan fingerprint density at radius 2 is 1.96 bits per heavy atom. The normalized spacial score (nSPS) is 20.4. The van der Waals surface area contributed by atoms with E-state index in [4.69, 9.17) is 9.47 Å². The number of ether oxygens (including phenoxy) is 2. The molecule has 0 bridgehead atoms. The molecule has 1 amide bonds. The zero-order valence-corrected chi connectivity index (χ0v) is 18.1. The van der Waals surface area contributed by atoms with E-state index < -0.39 is 10.0 Å². The fraction of sp³-hybridized carbons (Fsp3) is 0.611. The van der Waals surface area contributed by atoms with Crippen LogP contribution in [0.3, 0.4) is 0 Å². The first-order valence-corrected chi connectivity index (χ1v) is 11.4.